The number of morpholine rings is 1. The Morgan fingerprint density at radius 3 is 2.33 bits per heavy atom. The van der Waals surface area contributed by atoms with E-state index in [2.05, 4.69) is 19.2 Å². The lowest BCUT2D eigenvalue weighted by Gasteiger charge is -2.34. The summed E-state index contributed by atoms with van der Waals surface area (Å²) in [5.41, 5.74) is 0. The van der Waals surface area contributed by atoms with E-state index in [-0.39, 0.29) is 12.2 Å². The van der Waals surface area contributed by atoms with Crippen molar-refractivity contribution in [2.45, 2.75) is 46.3 Å². The van der Waals surface area contributed by atoms with Crippen molar-refractivity contribution in [3.05, 3.63) is 0 Å². The van der Waals surface area contributed by atoms with E-state index in [0.29, 0.717) is 25.6 Å². The van der Waals surface area contributed by atoms with Crippen molar-refractivity contribution in [1.82, 2.24) is 10.2 Å². The second-order valence-corrected chi connectivity index (χ2v) is 5.41. The number of rotatable bonds is 3. The lowest BCUT2D eigenvalue weighted by molar-refractivity contribution is -0.153. The molecule has 0 aromatic carbocycles. The highest BCUT2D eigenvalue weighted by molar-refractivity contribution is 6.35. The van der Waals surface area contributed by atoms with Gasteiger partial charge >= 0.3 is 11.8 Å². The van der Waals surface area contributed by atoms with Crippen LogP contribution < -0.4 is 5.32 Å². The first-order valence-corrected chi connectivity index (χ1v) is 6.62. The van der Waals surface area contributed by atoms with Gasteiger partial charge in [0.05, 0.1) is 12.2 Å². The topological polar surface area (TPSA) is 58.6 Å². The smallest absolute Gasteiger partial charge is 0.312 e. The summed E-state index contributed by atoms with van der Waals surface area (Å²) < 4.78 is 5.53. The number of nitrogens with zero attached hydrogens (tertiary/aromatic N) is 1. The molecular formula is C13H24N2O3. The Morgan fingerprint density at radius 1 is 1.28 bits per heavy atom. The molecule has 2 unspecified atom stereocenters. The van der Waals surface area contributed by atoms with Crippen LogP contribution in [0.3, 0.4) is 0 Å². The van der Waals surface area contributed by atoms with E-state index >= 15 is 0 Å². The Labute approximate surface area is 109 Å². The van der Waals surface area contributed by atoms with Gasteiger partial charge in [0.1, 0.15) is 0 Å². The van der Waals surface area contributed by atoms with Gasteiger partial charge < -0.3 is 15.0 Å². The first kappa shape index (κ1) is 15.0. The molecule has 1 rings (SSSR count). The predicted octanol–water partition coefficient (Wildman–Crippen LogP) is 0.785. The van der Waals surface area contributed by atoms with Crippen molar-refractivity contribution in [2.75, 3.05) is 19.6 Å². The van der Waals surface area contributed by atoms with Crippen molar-refractivity contribution in [1.29, 1.82) is 0 Å². The number of ether oxygens (including phenoxy) is 1. The largest absolute Gasteiger partial charge is 0.372 e. The number of carbonyl (C=O) groups excluding carboxylic acids is 2. The maximum absolute atomic E-state index is 11.9. The summed E-state index contributed by atoms with van der Waals surface area (Å²) in [4.78, 5) is 25.2. The molecule has 0 aromatic rings. The lowest BCUT2D eigenvalue weighted by atomic mass is 10.1. The van der Waals surface area contributed by atoms with Crippen LogP contribution in [-0.2, 0) is 14.3 Å². The Bertz CT molecular complexity index is 295. The zero-order valence-electron chi connectivity index (χ0n) is 11.7. The van der Waals surface area contributed by atoms with Gasteiger partial charge in [0.25, 0.3) is 0 Å². The summed E-state index contributed by atoms with van der Waals surface area (Å²) in [6.07, 6.45) is 0.858. The summed E-state index contributed by atoms with van der Waals surface area (Å²) in [6.45, 7) is 9.51. The van der Waals surface area contributed by atoms with Gasteiger partial charge in [0, 0.05) is 19.6 Å². The number of amides is 2. The predicted molar refractivity (Wildman–Crippen MR) is 69.1 cm³/mol. The third kappa shape index (κ3) is 4.64. The van der Waals surface area contributed by atoms with Gasteiger partial charge in [-0.1, -0.05) is 13.8 Å². The monoisotopic (exact) mass is 256 g/mol. The molecule has 1 fully saturated rings. The molecule has 5 heteroatoms. The van der Waals surface area contributed by atoms with Gasteiger partial charge in [0.15, 0.2) is 0 Å². The van der Waals surface area contributed by atoms with Crippen LogP contribution in [0.4, 0.5) is 0 Å². The van der Waals surface area contributed by atoms with Crippen LogP contribution in [0.25, 0.3) is 0 Å². The first-order chi connectivity index (χ1) is 8.40. The summed E-state index contributed by atoms with van der Waals surface area (Å²) in [6, 6.07) is 0. The average Bonchev–Trinajstić information content (AvgIpc) is 2.26. The Morgan fingerprint density at radius 2 is 1.83 bits per heavy atom. The highest BCUT2D eigenvalue weighted by Crippen LogP contribution is 2.10. The minimum atomic E-state index is -0.503. The highest BCUT2D eigenvalue weighted by Gasteiger charge is 2.29. The SMILES string of the molecule is CC(C)CCNC(=O)C(=O)N1CC(C)OC(C)C1. The van der Waals surface area contributed by atoms with Crippen molar-refractivity contribution in [3.63, 3.8) is 0 Å². The quantitative estimate of drug-likeness (QED) is 0.759. The fraction of sp³-hybridized carbons (Fsp3) is 0.846. The van der Waals surface area contributed by atoms with E-state index in [1.807, 2.05) is 13.8 Å². The first-order valence-electron chi connectivity index (χ1n) is 6.62. The van der Waals surface area contributed by atoms with Crippen LogP contribution in [0.5, 0.6) is 0 Å². The summed E-state index contributed by atoms with van der Waals surface area (Å²) in [5.74, 6) is -0.429. The normalized spacial score (nSPS) is 24.2. The second kappa shape index (κ2) is 6.73. The molecule has 0 radical (unpaired) electrons. The molecule has 0 spiro atoms. The van der Waals surface area contributed by atoms with Crippen LogP contribution in [-0.4, -0.2) is 48.6 Å². The third-order valence-electron chi connectivity index (χ3n) is 2.91. The van der Waals surface area contributed by atoms with E-state index in [4.69, 9.17) is 4.74 Å². The molecule has 0 bridgehead atoms. The molecular weight excluding hydrogens is 232 g/mol. The van der Waals surface area contributed by atoms with Crippen LogP contribution in [0.15, 0.2) is 0 Å². The number of nitrogens with one attached hydrogen (secondary N) is 1. The molecule has 1 aliphatic rings. The lowest BCUT2D eigenvalue weighted by Crippen LogP contribution is -2.52. The second-order valence-electron chi connectivity index (χ2n) is 5.41. The highest BCUT2D eigenvalue weighted by atomic mass is 16.5. The maximum atomic E-state index is 11.9. The van der Waals surface area contributed by atoms with Crippen LogP contribution in [0, 0.1) is 5.92 Å². The van der Waals surface area contributed by atoms with Gasteiger partial charge in [0.2, 0.25) is 0 Å². The van der Waals surface area contributed by atoms with Gasteiger partial charge in [-0.2, -0.15) is 0 Å². The number of hydrogen-bond donors (Lipinski definition) is 1. The molecule has 2 amide bonds. The molecule has 1 N–H and O–H groups in total. The fourth-order valence-electron chi connectivity index (χ4n) is 2.04. The van der Waals surface area contributed by atoms with Crippen LogP contribution >= 0.6 is 0 Å². The minimum absolute atomic E-state index is 0.0128. The van der Waals surface area contributed by atoms with Gasteiger partial charge in [-0.15, -0.1) is 0 Å². The number of hydrogen-bond acceptors (Lipinski definition) is 3. The van der Waals surface area contributed by atoms with E-state index in [1.165, 1.54) is 0 Å². The van der Waals surface area contributed by atoms with Crippen molar-refractivity contribution >= 4 is 11.8 Å². The summed E-state index contributed by atoms with van der Waals surface area (Å²) in [7, 11) is 0. The van der Waals surface area contributed by atoms with Crippen molar-refractivity contribution < 1.29 is 14.3 Å². The molecule has 1 saturated heterocycles. The van der Waals surface area contributed by atoms with Crippen LogP contribution in [0.1, 0.15) is 34.1 Å². The van der Waals surface area contributed by atoms with Crippen molar-refractivity contribution in [2.24, 2.45) is 5.92 Å². The van der Waals surface area contributed by atoms with E-state index in [1.54, 1.807) is 4.90 Å². The zero-order chi connectivity index (χ0) is 13.7. The molecule has 1 aliphatic heterocycles. The molecule has 2 atom stereocenters. The third-order valence-corrected chi connectivity index (χ3v) is 2.91. The van der Waals surface area contributed by atoms with E-state index in [9.17, 15) is 9.59 Å². The summed E-state index contributed by atoms with van der Waals surface area (Å²) >= 11 is 0. The zero-order valence-corrected chi connectivity index (χ0v) is 11.7. The minimum Gasteiger partial charge on any atom is -0.372 e. The molecule has 0 saturated carbocycles. The van der Waals surface area contributed by atoms with E-state index < -0.39 is 11.8 Å². The molecule has 104 valence electrons. The van der Waals surface area contributed by atoms with Gasteiger partial charge in [-0.05, 0) is 26.2 Å². The standard InChI is InChI=1S/C13H24N2O3/c1-9(2)5-6-14-12(16)13(17)15-7-10(3)18-11(4)8-15/h9-11H,5-8H2,1-4H3,(H,14,16). The molecule has 0 aromatic heterocycles. The number of carbonyl (C=O) groups is 2. The molecule has 5 nitrogen and oxygen atoms in total. The Kier molecular flexibility index (Phi) is 5.59. The maximum Gasteiger partial charge on any atom is 0.312 e. The van der Waals surface area contributed by atoms with Gasteiger partial charge in [-0.25, -0.2) is 0 Å². The fourth-order valence-corrected chi connectivity index (χ4v) is 2.04. The Balaban J connectivity index is 2.40. The van der Waals surface area contributed by atoms with E-state index in [0.717, 1.165) is 6.42 Å². The molecule has 1 heterocycles. The Hall–Kier alpha value is -1.10. The molecule has 18 heavy (non-hydrogen) atoms. The molecule has 0 aliphatic carbocycles. The summed E-state index contributed by atoms with van der Waals surface area (Å²) in [5, 5.41) is 2.67. The average molecular weight is 256 g/mol. The van der Waals surface area contributed by atoms with Gasteiger partial charge in [-0.3, -0.25) is 9.59 Å². The van der Waals surface area contributed by atoms with Crippen molar-refractivity contribution in [3.8, 4) is 0 Å². The van der Waals surface area contributed by atoms with Crippen LogP contribution in [0.2, 0.25) is 0 Å².